The number of benzene rings is 1. The van der Waals surface area contributed by atoms with E-state index in [2.05, 4.69) is 24.0 Å². The molecule has 0 atom stereocenters. The van der Waals surface area contributed by atoms with E-state index in [-0.39, 0.29) is 6.10 Å². The highest BCUT2D eigenvalue weighted by Crippen LogP contribution is 2.27. The van der Waals surface area contributed by atoms with E-state index in [0.29, 0.717) is 12.1 Å². The zero-order valence-electron chi connectivity index (χ0n) is 11.5. The normalized spacial score (nSPS) is 23.9. The summed E-state index contributed by atoms with van der Waals surface area (Å²) >= 11 is 0. The number of hydrogen-bond donors (Lipinski definition) is 0. The second-order valence-corrected chi connectivity index (χ2v) is 5.46. The molecule has 0 spiro atoms. The van der Waals surface area contributed by atoms with Crippen LogP contribution in [0.5, 0.6) is 6.08 Å². The molecule has 0 radical (unpaired) electrons. The van der Waals surface area contributed by atoms with Crippen LogP contribution in [0.3, 0.4) is 0 Å². The van der Waals surface area contributed by atoms with E-state index in [1.807, 2.05) is 24.3 Å². The van der Waals surface area contributed by atoms with Crippen LogP contribution in [0.1, 0.15) is 25.7 Å². The number of para-hydroxylation sites is 2. The van der Waals surface area contributed by atoms with Crippen molar-refractivity contribution in [2.45, 2.75) is 37.8 Å². The van der Waals surface area contributed by atoms with E-state index in [9.17, 15) is 0 Å². The van der Waals surface area contributed by atoms with E-state index in [4.69, 9.17) is 9.15 Å². The lowest BCUT2D eigenvalue weighted by molar-refractivity contribution is 0.0855. The topological polar surface area (TPSA) is 38.5 Å². The third-order valence-corrected chi connectivity index (χ3v) is 3.92. The number of aromatic nitrogens is 1. The summed E-state index contributed by atoms with van der Waals surface area (Å²) in [4.78, 5) is 6.66. The average Bonchev–Trinajstić information content (AvgIpc) is 2.81. The molecule has 1 heterocycles. The Morgan fingerprint density at radius 1 is 1.16 bits per heavy atom. The molecule has 0 amide bonds. The Bertz CT molecular complexity index is 509. The first-order valence-electron chi connectivity index (χ1n) is 6.91. The monoisotopic (exact) mass is 260 g/mol. The predicted molar refractivity (Wildman–Crippen MR) is 74.4 cm³/mol. The van der Waals surface area contributed by atoms with Crippen molar-refractivity contribution in [1.29, 1.82) is 0 Å². The van der Waals surface area contributed by atoms with Gasteiger partial charge in [0.15, 0.2) is 5.58 Å². The molecule has 1 saturated carbocycles. The van der Waals surface area contributed by atoms with E-state index in [1.165, 1.54) is 12.8 Å². The molecule has 3 rings (SSSR count). The highest BCUT2D eigenvalue weighted by molar-refractivity contribution is 5.72. The molecule has 0 aliphatic heterocycles. The summed E-state index contributed by atoms with van der Waals surface area (Å²) in [7, 11) is 4.29. The lowest BCUT2D eigenvalue weighted by atomic mass is 9.92. The number of hydrogen-bond acceptors (Lipinski definition) is 4. The fourth-order valence-electron chi connectivity index (χ4n) is 2.72. The summed E-state index contributed by atoms with van der Waals surface area (Å²) in [5, 5.41) is 0. The molecule has 0 unspecified atom stereocenters. The third kappa shape index (κ3) is 2.73. The maximum absolute atomic E-state index is 5.87. The number of oxazole rings is 1. The molecule has 19 heavy (non-hydrogen) atoms. The molecule has 0 bridgehead atoms. The van der Waals surface area contributed by atoms with Crippen LogP contribution in [0.2, 0.25) is 0 Å². The lowest BCUT2D eigenvalue weighted by Crippen LogP contribution is -2.35. The largest absolute Gasteiger partial charge is 0.447 e. The van der Waals surface area contributed by atoms with Crippen molar-refractivity contribution in [2.75, 3.05) is 14.1 Å². The van der Waals surface area contributed by atoms with Crippen LogP contribution in [0.25, 0.3) is 11.1 Å². The fraction of sp³-hybridized carbons (Fsp3) is 0.533. The Hall–Kier alpha value is -1.55. The summed E-state index contributed by atoms with van der Waals surface area (Å²) in [6.45, 7) is 0. The predicted octanol–water partition coefficient (Wildman–Crippen LogP) is 3.08. The van der Waals surface area contributed by atoms with E-state index >= 15 is 0 Å². The molecule has 1 aliphatic rings. The molecule has 1 aromatic heterocycles. The average molecular weight is 260 g/mol. The summed E-state index contributed by atoms with van der Waals surface area (Å²) in [6.07, 6.45) is 5.15. The molecule has 1 aliphatic carbocycles. The summed E-state index contributed by atoms with van der Waals surface area (Å²) in [5.74, 6) is 0. The van der Waals surface area contributed by atoms with Gasteiger partial charge in [-0.15, -0.1) is 0 Å². The summed E-state index contributed by atoms with van der Waals surface area (Å²) < 4.78 is 11.5. The van der Waals surface area contributed by atoms with Crippen LogP contribution >= 0.6 is 0 Å². The van der Waals surface area contributed by atoms with Gasteiger partial charge in [0.1, 0.15) is 11.6 Å². The Balaban J connectivity index is 1.63. The van der Waals surface area contributed by atoms with Crippen LogP contribution in [-0.4, -0.2) is 36.1 Å². The van der Waals surface area contributed by atoms with Crippen molar-refractivity contribution < 1.29 is 9.15 Å². The summed E-state index contributed by atoms with van der Waals surface area (Å²) in [5.41, 5.74) is 1.65. The second-order valence-electron chi connectivity index (χ2n) is 5.46. The van der Waals surface area contributed by atoms with Crippen LogP contribution < -0.4 is 4.74 Å². The summed E-state index contributed by atoms with van der Waals surface area (Å²) in [6, 6.07) is 8.44. The van der Waals surface area contributed by atoms with Gasteiger partial charge in [0.25, 0.3) is 0 Å². The van der Waals surface area contributed by atoms with Crippen LogP contribution in [-0.2, 0) is 0 Å². The zero-order valence-corrected chi connectivity index (χ0v) is 11.5. The molecule has 4 heteroatoms. The van der Waals surface area contributed by atoms with Gasteiger partial charge in [0, 0.05) is 6.04 Å². The van der Waals surface area contributed by atoms with Crippen molar-refractivity contribution in [1.82, 2.24) is 9.88 Å². The first kappa shape index (κ1) is 12.5. The third-order valence-electron chi connectivity index (χ3n) is 3.92. The maximum Gasteiger partial charge on any atom is 0.394 e. The minimum absolute atomic E-state index is 0.240. The first-order chi connectivity index (χ1) is 9.22. The quantitative estimate of drug-likeness (QED) is 0.850. The van der Waals surface area contributed by atoms with Crippen molar-refractivity contribution in [3.8, 4) is 6.08 Å². The van der Waals surface area contributed by atoms with Gasteiger partial charge in [-0.25, -0.2) is 0 Å². The van der Waals surface area contributed by atoms with Gasteiger partial charge in [0.2, 0.25) is 0 Å². The minimum Gasteiger partial charge on any atom is -0.447 e. The molecule has 1 aromatic carbocycles. The number of ether oxygens (including phenoxy) is 1. The van der Waals surface area contributed by atoms with Crippen LogP contribution in [0.4, 0.5) is 0 Å². The Labute approximate surface area is 113 Å². The van der Waals surface area contributed by atoms with Gasteiger partial charge < -0.3 is 14.1 Å². The number of fused-ring (bicyclic) bond motifs is 1. The van der Waals surface area contributed by atoms with Gasteiger partial charge in [-0.2, -0.15) is 4.98 Å². The van der Waals surface area contributed by atoms with Crippen molar-refractivity contribution in [2.24, 2.45) is 0 Å². The van der Waals surface area contributed by atoms with Crippen molar-refractivity contribution in [3.05, 3.63) is 24.3 Å². The SMILES string of the molecule is CN(C)C1CCC(Oc2nc3ccccc3o2)CC1. The van der Waals surface area contributed by atoms with Crippen molar-refractivity contribution in [3.63, 3.8) is 0 Å². The minimum atomic E-state index is 0.240. The van der Waals surface area contributed by atoms with Gasteiger partial charge in [-0.3, -0.25) is 0 Å². The van der Waals surface area contributed by atoms with Gasteiger partial charge in [-0.1, -0.05) is 12.1 Å². The molecule has 2 aromatic rings. The van der Waals surface area contributed by atoms with E-state index in [0.717, 1.165) is 23.9 Å². The highest BCUT2D eigenvalue weighted by Gasteiger charge is 2.24. The molecule has 0 saturated heterocycles. The molecule has 4 nitrogen and oxygen atoms in total. The Kier molecular flexibility index (Phi) is 3.42. The second kappa shape index (κ2) is 5.21. The molecular weight excluding hydrogens is 240 g/mol. The zero-order chi connectivity index (χ0) is 13.2. The maximum atomic E-state index is 5.87. The highest BCUT2D eigenvalue weighted by atomic mass is 16.6. The molecule has 102 valence electrons. The molecular formula is C15H20N2O2. The molecule has 1 fully saturated rings. The van der Waals surface area contributed by atoms with E-state index in [1.54, 1.807) is 0 Å². The first-order valence-corrected chi connectivity index (χ1v) is 6.91. The van der Waals surface area contributed by atoms with E-state index < -0.39 is 0 Å². The van der Waals surface area contributed by atoms with Crippen molar-refractivity contribution >= 4 is 11.1 Å². The standard InChI is InChI=1S/C15H20N2O2/c1-17(2)11-7-9-12(10-8-11)18-15-16-13-5-3-4-6-14(13)19-15/h3-6,11-12H,7-10H2,1-2H3. The Morgan fingerprint density at radius 3 is 2.58 bits per heavy atom. The Morgan fingerprint density at radius 2 is 1.89 bits per heavy atom. The van der Waals surface area contributed by atoms with Gasteiger partial charge in [-0.05, 0) is 51.9 Å². The fourth-order valence-corrected chi connectivity index (χ4v) is 2.72. The lowest BCUT2D eigenvalue weighted by Gasteiger charge is -2.31. The van der Waals surface area contributed by atoms with Gasteiger partial charge in [0.05, 0.1) is 0 Å². The van der Waals surface area contributed by atoms with Gasteiger partial charge >= 0.3 is 6.08 Å². The van der Waals surface area contributed by atoms with Crippen LogP contribution in [0, 0.1) is 0 Å². The van der Waals surface area contributed by atoms with Crippen LogP contribution in [0.15, 0.2) is 28.7 Å². The number of rotatable bonds is 3. The number of nitrogens with zero attached hydrogens (tertiary/aromatic N) is 2. The smallest absolute Gasteiger partial charge is 0.394 e. The molecule has 0 N–H and O–H groups in total.